The van der Waals surface area contributed by atoms with Crippen LogP contribution in [0, 0.1) is 12.7 Å². The fourth-order valence-corrected chi connectivity index (χ4v) is 4.77. The normalized spacial score (nSPS) is 15.4. The summed E-state index contributed by atoms with van der Waals surface area (Å²) < 4.78 is 18.9. The molecule has 1 aromatic heterocycles. The molecule has 3 aromatic rings. The maximum atomic E-state index is 13.8. The summed E-state index contributed by atoms with van der Waals surface area (Å²) >= 11 is 1.24. The Morgan fingerprint density at radius 2 is 2.00 bits per heavy atom. The third-order valence-corrected chi connectivity index (χ3v) is 6.21. The maximum Gasteiger partial charge on any atom is 0.266 e. The number of anilines is 2. The van der Waals surface area contributed by atoms with E-state index in [-0.39, 0.29) is 30.0 Å². The SMILES string of the molecule is COc1ccc(NC(=O)c2sc3c(c2C)[C@@H](c2cccc(F)c2)CC(=O)N3)cc1. The van der Waals surface area contributed by atoms with E-state index in [4.69, 9.17) is 4.74 Å². The van der Waals surface area contributed by atoms with Gasteiger partial charge in [-0.3, -0.25) is 9.59 Å². The maximum absolute atomic E-state index is 13.8. The lowest BCUT2D eigenvalue weighted by atomic mass is 9.85. The second-order valence-corrected chi connectivity index (χ2v) is 7.86. The molecule has 5 nitrogen and oxygen atoms in total. The predicted molar refractivity (Wildman–Crippen MR) is 111 cm³/mol. The lowest BCUT2D eigenvalue weighted by molar-refractivity contribution is -0.116. The first-order chi connectivity index (χ1) is 14.0. The lowest BCUT2D eigenvalue weighted by Crippen LogP contribution is -2.22. The summed E-state index contributed by atoms with van der Waals surface area (Å²) in [6.45, 7) is 1.86. The Bertz CT molecular complexity index is 1090. The van der Waals surface area contributed by atoms with Crippen LogP contribution in [0.1, 0.15) is 38.7 Å². The summed E-state index contributed by atoms with van der Waals surface area (Å²) in [5.41, 5.74) is 3.04. The van der Waals surface area contributed by atoms with Crippen molar-refractivity contribution in [3.05, 3.63) is 75.9 Å². The fourth-order valence-electron chi connectivity index (χ4n) is 3.59. The number of halogens is 1. The van der Waals surface area contributed by atoms with Gasteiger partial charge in [-0.05, 0) is 60.0 Å². The molecule has 1 aliphatic rings. The number of hydrogen-bond donors (Lipinski definition) is 2. The Morgan fingerprint density at radius 1 is 1.24 bits per heavy atom. The largest absolute Gasteiger partial charge is 0.497 e. The topological polar surface area (TPSA) is 67.4 Å². The lowest BCUT2D eigenvalue weighted by Gasteiger charge is -2.24. The molecule has 1 atom stereocenters. The van der Waals surface area contributed by atoms with E-state index in [2.05, 4.69) is 10.6 Å². The summed E-state index contributed by atoms with van der Waals surface area (Å²) in [6, 6.07) is 13.3. The van der Waals surface area contributed by atoms with Gasteiger partial charge in [0.05, 0.1) is 17.0 Å². The molecule has 4 rings (SSSR count). The average Bonchev–Trinajstić information content (AvgIpc) is 3.04. The number of carbonyl (C=O) groups is 2. The summed E-state index contributed by atoms with van der Waals surface area (Å²) in [6.07, 6.45) is 0.216. The number of amides is 2. The van der Waals surface area contributed by atoms with E-state index in [1.807, 2.05) is 13.0 Å². The van der Waals surface area contributed by atoms with Crippen LogP contribution in [0.5, 0.6) is 5.75 Å². The second kappa shape index (κ2) is 7.67. The van der Waals surface area contributed by atoms with Gasteiger partial charge in [-0.2, -0.15) is 0 Å². The first-order valence-corrected chi connectivity index (χ1v) is 9.92. The molecule has 148 valence electrons. The van der Waals surface area contributed by atoms with Gasteiger partial charge in [-0.25, -0.2) is 4.39 Å². The molecule has 0 saturated carbocycles. The molecule has 0 unspecified atom stereocenters. The van der Waals surface area contributed by atoms with Crippen LogP contribution in [0.4, 0.5) is 15.1 Å². The Morgan fingerprint density at radius 3 is 2.69 bits per heavy atom. The van der Waals surface area contributed by atoms with Crippen molar-refractivity contribution in [2.45, 2.75) is 19.3 Å². The second-order valence-electron chi connectivity index (χ2n) is 6.84. The van der Waals surface area contributed by atoms with Crippen LogP contribution in [-0.4, -0.2) is 18.9 Å². The summed E-state index contributed by atoms with van der Waals surface area (Å²) in [7, 11) is 1.58. The molecule has 2 amide bonds. The van der Waals surface area contributed by atoms with Gasteiger partial charge in [0.15, 0.2) is 0 Å². The van der Waals surface area contributed by atoms with Crippen molar-refractivity contribution in [3.63, 3.8) is 0 Å². The zero-order valence-corrected chi connectivity index (χ0v) is 16.7. The Kier molecular flexibility index (Phi) is 5.07. The van der Waals surface area contributed by atoms with Gasteiger partial charge in [-0.1, -0.05) is 12.1 Å². The van der Waals surface area contributed by atoms with Gasteiger partial charge in [0.25, 0.3) is 5.91 Å². The number of methoxy groups -OCH3 is 1. The van der Waals surface area contributed by atoms with E-state index in [1.54, 1.807) is 37.4 Å². The highest BCUT2D eigenvalue weighted by Crippen LogP contribution is 2.45. The van der Waals surface area contributed by atoms with Crippen molar-refractivity contribution >= 4 is 33.8 Å². The van der Waals surface area contributed by atoms with Crippen molar-refractivity contribution in [1.29, 1.82) is 0 Å². The number of nitrogens with one attached hydrogen (secondary N) is 2. The van der Waals surface area contributed by atoms with Crippen molar-refractivity contribution in [2.24, 2.45) is 0 Å². The van der Waals surface area contributed by atoms with E-state index in [9.17, 15) is 14.0 Å². The number of fused-ring (bicyclic) bond motifs is 1. The molecule has 0 aliphatic carbocycles. The van der Waals surface area contributed by atoms with Gasteiger partial charge < -0.3 is 15.4 Å². The molecule has 1 aliphatic heterocycles. The van der Waals surface area contributed by atoms with E-state index in [0.29, 0.717) is 21.3 Å². The first kappa shape index (κ1) is 19.1. The number of ether oxygens (including phenoxy) is 1. The number of rotatable bonds is 4. The molecule has 0 spiro atoms. The average molecular weight is 410 g/mol. The molecule has 2 aromatic carbocycles. The molecule has 0 saturated heterocycles. The number of thiophene rings is 1. The molecule has 0 fully saturated rings. The van der Waals surface area contributed by atoms with Crippen LogP contribution < -0.4 is 15.4 Å². The minimum Gasteiger partial charge on any atom is -0.497 e. The Hall–Kier alpha value is -3.19. The van der Waals surface area contributed by atoms with E-state index >= 15 is 0 Å². The summed E-state index contributed by atoms with van der Waals surface area (Å²) in [5, 5.41) is 6.38. The number of hydrogen-bond acceptors (Lipinski definition) is 4. The molecular formula is C22H19FN2O3S. The third kappa shape index (κ3) is 3.73. The van der Waals surface area contributed by atoms with E-state index in [1.165, 1.54) is 23.5 Å². The van der Waals surface area contributed by atoms with Crippen LogP contribution in [0.3, 0.4) is 0 Å². The van der Waals surface area contributed by atoms with Gasteiger partial charge in [0.1, 0.15) is 11.6 Å². The molecule has 7 heteroatoms. The summed E-state index contributed by atoms with van der Waals surface area (Å²) in [5.74, 6) is -0.325. The smallest absolute Gasteiger partial charge is 0.266 e. The highest BCUT2D eigenvalue weighted by Gasteiger charge is 2.33. The Labute approximate surface area is 171 Å². The van der Waals surface area contributed by atoms with Gasteiger partial charge in [0, 0.05) is 18.0 Å². The molecule has 29 heavy (non-hydrogen) atoms. The van der Waals surface area contributed by atoms with Crippen LogP contribution in [-0.2, 0) is 4.79 Å². The third-order valence-electron chi connectivity index (χ3n) is 4.99. The molecule has 2 N–H and O–H groups in total. The zero-order valence-electron chi connectivity index (χ0n) is 15.9. The highest BCUT2D eigenvalue weighted by molar-refractivity contribution is 7.18. The van der Waals surface area contributed by atoms with Crippen molar-refractivity contribution < 1.29 is 18.7 Å². The highest BCUT2D eigenvalue weighted by atomic mass is 32.1. The zero-order chi connectivity index (χ0) is 20.5. The van der Waals surface area contributed by atoms with Crippen LogP contribution in [0.2, 0.25) is 0 Å². The quantitative estimate of drug-likeness (QED) is 0.641. The Balaban J connectivity index is 1.67. The fraction of sp³-hybridized carbons (Fsp3) is 0.182. The van der Waals surface area contributed by atoms with Crippen molar-refractivity contribution in [1.82, 2.24) is 0 Å². The predicted octanol–water partition coefficient (Wildman–Crippen LogP) is 4.93. The van der Waals surface area contributed by atoms with Crippen LogP contribution in [0.15, 0.2) is 48.5 Å². The molecular weight excluding hydrogens is 391 g/mol. The van der Waals surface area contributed by atoms with E-state index < -0.39 is 0 Å². The summed E-state index contributed by atoms with van der Waals surface area (Å²) in [4.78, 5) is 25.6. The van der Waals surface area contributed by atoms with Crippen LogP contribution in [0.25, 0.3) is 0 Å². The number of benzene rings is 2. The van der Waals surface area contributed by atoms with Gasteiger partial charge in [-0.15, -0.1) is 11.3 Å². The molecule has 2 heterocycles. The van der Waals surface area contributed by atoms with Crippen LogP contribution >= 0.6 is 11.3 Å². The monoisotopic (exact) mass is 410 g/mol. The van der Waals surface area contributed by atoms with Gasteiger partial charge in [0.2, 0.25) is 5.91 Å². The van der Waals surface area contributed by atoms with Crippen molar-refractivity contribution in [2.75, 3.05) is 17.7 Å². The van der Waals surface area contributed by atoms with Gasteiger partial charge >= 0.3 is 0 Å². The molecule has 0 bridgehead atoms. The van der Waals surface area contributed by atoms with E-state index in [0.717, 1.165) is 16.7 Å². The standard InChI is InChI=1S/C22H19FN2O3S/c1-12-19-17(13-4-3-5-14(23)10-13)11-18(26)25-22(19)29-20(12)21(27)24-15-6-8-16(28-2)9-7-15/h3-10,17H,11H2,1-2H3,(H,24,27)(H,25,26)/t17-/m1/s1. The molecule has 0 radical (unpaired) electrons. The van der Waals surface area contributed by atoms with Crippen molar-refractivity contribution in [3.8, 4) is 5.75 Å². The minimum absolute atomic E-state index is 0.143. The number of carbonyl (C=O) groups excluding carboxylic acids is 2. The minimum atomic E-state index is -0.347. The first-order valence-electron chi connectivity index (χ1n) is 9.10.